The van der Waals surface area contributed by atoms with Crippen LogP contribution in [0.3, 0.4) is 0 Å². The number of hydrogen-bond donors (Lipinski definition) is 2. The van der Waals surface area contributed by atoms with Crippen molar-refractivity contribution in [2.24, 2.45) is 0 Å². The molecule has 0 saturated carbocycles. The summed E-state index contributed by atoms with van der Waals surface area (Å²) in [5.74, 6) is 0. The van der Waals surface area contributed by atoms with Gasteiger partial charge in [0.25, 0.3) is 0 Å². The molecule has 0 amide bonds. The van der Waals surface area contributed by atoms with E-state index in [-0.39, 0.29) is 0 Å². The maximum Gasteiger partial charge on any atom is 0.137 e. The van der Waals surface area contributed by atoms with Crippen LogP contribution < -0.4 is 4.72 Å². The van der Waals surface area contributed by atoms with Crippen LogP contribution in [0, 0.1) is 0 Å². The van der Waals surface area contributed by atoms with Crippen LogP contribution in [-0.2, 0) is 6.54 Å². The molecule has 0 atom stereocenters. The van der Waals surface area contributed by atoms with Gasteiger partial charge in [-0.05, 0) is 41.1 Å². The van der Waals surface area contributed by atoms with E-state index in [1.54, 1.807) is 29.5 Å². The van der Waals surface area contributed by atoms with E-state index in [0.29, 0.717) is 0 Å². The Kier molecular flexibility index (Phi) is 3.13. The summed E-state index contributed by atoms with van der Waals surface area (Å²) in [7, 11) is 0. The molecule has 0 aliphatic heterocycles. The van der Waals surface area contributed by atoms with Crippen LogP contribution in [0.15, 0.2) is 46.2 Å². The molecule has 0 aliphatic rings. The minimum Gasteiger partial charge on any atom is -0.346 e. The van der Waals surface area contributed by atoms with Crippen molar-refractivity contribution in [2.75, 3.05) is 0 Å². The van der Waals surface area contributed by atoms with Gasteiger partial charge in [-0.2, -0.15) is 0 Å². The van der Waals surface area contributed by atoms with Crippen molar-refractivity contribution >= 4 is 34.3 Å². The molecule has 0 bridgehead atoms. The minimum atomic E-state index is 0.828. The first-order chi connectivity index (χ1) is 8.43. The Labute approximate surface area is 107 Å². The summed E-state index contributed by atoms with van der Waals surface area (Å²) in [6.45, 7) is 0.828. The van der Waals surface area contributed by atoms with Gasteiger partial charge in [0, 0.05) is 24.3 Å². The fourth-order valence-corrected chi connectivity index (χ4v) is 3.17. The van der Waals surface area contributed by atoms with E-state index in [2.05, 4.69) is 38.3 Å². The lowest BCUT2D eigenvalue weighted by Gasteiger charge is -2.00. The molecule has 2 N–H and O–H groups in total. The highest BCUT2D eigenvalue weighted by Gasteiger charge is 2.03. The lowest BCUT2D eigenvalue weighted by molar-refractivity contribution is 0.987. The normalized spacial score (nSPS) is 11.1. The molecular formula is C12H11N3S2. The van der Waals surface area contributed by atoms with E-state index >= 15 is 0 Å². The molecule has 0 radical (unpaired) electrons. The molecule has 0 saturated heterocycles. The summed E-state index contributed by atoms with van der Waals surface area (Å²) < 4.78 is 4.64. The summed E-state index contributed by atoms with van der Waals surface area (Å²) in [6.07, 6.45) is 3.82. The Morgan fingerprint density at radius 1 is 1.35 bits per heavy atom. The quantitative estimate of drug-likeness (QED) is 0.707. The monoisotopic (exact) mass is 261 g/mol. The molecule has 0 unspecified atom stereocenters. The number of rotatable bonds is 4. The van der Waals surface area contributed by atoms with E-state index in [4.69, 9.17) is 0 Å². The predicted molar refractivity (Wildman–Crippen MR) is 73.1 cm³/mol. The zero-order valence-corrected chi connectivity index (χ0v) is 10.6. The summed E-state index contributed by atoms with van der Waals surface area (Å²) in [4.78, 5) is 7.45. The second-order valence-electron chi connectivity index (χ2n) is 3.57. The lowest BCUT2D eigenvalue weighted by Crippen LogP contribution is -2.01. The number of pyridine rings is 1. The van der Waals surface area contributed by atoms with Crippen molar-refractivity contribution in [3.63, 3.8) is 0 Å². The Balaban J connectivity index is 1.69. The average molecular weight is 261 g/mol. The minimum absolute atomic E-state index is 0.828. The van der Waals surface area contributed by atoms with Crippen molar-refractivity contribution in [3.8, 4) is 0 Å². The maximum absolute atomic E-state index is 4.27. The number of aromatic amines is 1. The average Bonchev–Trinajstić information content (AvgIpc) is 2.99. The highest BCUT2D eigenvalue weighted by atomic mass is 32.2. The van der Waals surface area contributed by atoms with Crippen LogP contribution in [0.4, 0.5) is 0 Å². The predicted octanol–water partition coefficient (Wildman–Crippen LogP) is 3.42. The van der Waals surface area contributed by atoms with Crippen molar-refractivity contribution in [3.05, 3.63) is 47.6 Å². The highest BCUT2D eigenvalue weighted by Crippen LogP contribution is 2.22. The Hall–Kier alpha value is -1.30. The molecule has 3 nitrogen and oxygen atoms in total. The fourth-order valence-electron chi connectivity index (χ4n) is 1.67. The molecule has 0 fully saturated rings. The van der Waals surface area contributed by atoms with Gasteiger partial charge >= 0.3 is 0 Å². The number of thiophene rings is 1. The molecule has 0 spiro atoms. The third-order valence-electron chi connectivity index (χ3n) is 2.47. The van der Waals surface area contributed by atoms with Crippen molar-refractivity contribution in [1.82, 2.24) is 14.7 Å². The van der Waals surface area contributed by atoms with Crippen LogP contribution in [-0.4, -0.2) is 9.97 Å². The lowest BCUT2D eigenvalue weighted by atomic mass is 10.2. The van der Waals surface area contributed by atoms with Crippen LogP contribution in [0.2, 0.25) is 0 Å². The topological polar surface area (TPSA) is 40.7 Å². The first-order valence-corrected chi connectivity index (χ1v) is 6.97. The number of fused-ring (bicyclic) bond motifs is 1. The molecule has 3 rings (SSSR count). The zero-order valence-electron chi connectivity index (χ0n) is 9.01. The van der Waals surface area contributed by atoms with Crippen LogP contribution in [0.5, 0.6) is 0 Å². The first-order valence-electron chi connectivity index (χ1n) is 5.28. The van der Waals surface area contributed by atoms with Gasteiger partial charge in [-0.3, -0.25) is 4.72 Å². The molecular weight excluding hydrogens is 250 g/mol. The van der Waals surface area contributed by atoms with Gasteiger partial charge in [-0.1, -0.05) is 6.07 Å². The Morgan fingerprint density at radius 2 is 2.35 bits per heavy atom. The van der Waals surface area contributed by atoms with Gasteiger partial charge in [-0.25, -0.2) is 4.98 Å². The second kappa shape index (κ2) is 4.91. The summed E-state index contributed by atoms with van der Waals surface area (Å²) in [6, 6.07) is 8.22. The molecule has 3 aromatic rings. The number of nitrogens with one attached hydrogen (secondary N) is 2. The van der Waals surface area contributed by atoms with Gasteiger partial charge in [-0.15, -0.1) is 11.3 Å². The molecule has 0 aliphatic carbocycles. The van der Waals surface area contributed by atoms with Crippen LogP contribution in [0.25, 0.3) is 11.0 Å². The summed E-state index contributed by atoms with van der Waals surface area (Å²) >= 11 is 3.41. The van der Waals surface area contributed by atoms with Gasteiger partial charge < -0.3 is 4.98 Å². The Bertz CT molecular complexity index is 601. The van der Waals surface area contributed by atoms with E-state index < -0.39 is 0 Å². The van der Waals surface area contributed by atoms with Crippen molar-refractivity contribution < 1.29 is 0 Å². The largest absolute Gasteiger partial charge is 0.346 e. The Morgan fingerprint density at radius 3 is 3.24 bits per heavy atom. The van der Waals surface area contributed by atoms with Gasteiger partial charge in [0.05, 0.1) is 4.21 Å². The molecule has 5 heteroatoms. The van der Waals surface area contributed by atoms with E-state index in [1.807, 2.05) is 12.3 Å². The van der Waals surface area contributed by atoms with E-state index in [0.717, 1.165) is 12.2 Å². The number of H-pyrrole nitrogens is 1. The van der Waals surface area contributed by atoms with E-state index in [1.165, 1.54) is 15.2 Å². The smallest absolute Gasteiger partial charge is 0.137 e. The molecule has 86 valence electrons. The van der Waals surface area contributed by atoms with Crippen molar-refractivity contribution in [1.29, 1.82) is 0 Å². The standard InChI is InChI=1S/C12H11N3S2/c1-3-10-9(7-14-12(10)13-5-1)8-15-17-11-4-2-6-16-11/h1-7,15H,8H2,(H,13,14). The first kappa shape index (κ1) is 10.8. The third kappa shape index (κ3) is 2.36. The van der Waals surface area contributed by atoms with Crippen LogP contribution in [0.1, 0.15) is 5.56 Å². The second-order valence-corrected chi connectivity index (χ2v) is 5.71. The third-order valence-corrected chi connectivity index (χ3v) is 4.29. The van der Waals surface area contributed by atoms with Gasteiger partial charge in [0.2, 0.25) is 0 Å². The molecule has 3 aromatic heterocycles. The fraction of sp³-hybridized carbons (Fsp3) is 0.0833. The molecule has 17 heavy (non-hydrogen) atoms. The van der Waals surface area contributed by atoms with E-state index in [9.17, 15) is 0 Å². The van der Waals surface area contributed by atoms with Crippen LogP contribution >= 0.6 is 23.3 Å². The molecule has 3 heterocycles. The molecule has 0 aromatic carbocycles. The summed E-state index contributed by atoms with van der Waals surface area (Å²) in [5.41, 5.74) is 2.20. The van der Waals surface area contributed by atoms with Gasteiger partial charge in [0.1, 0.15) is 5.65 Å². The zero-order chi connectivity index (χ0) is 11.5. The number of hydrogen-bond acceptors (Lipinski definition) is 4. The maximum atomic E-state index is 4.27. The summed E-state index contributed by atoms with van der Waals surface area (Å²) in [5, 5.41) is 3.27. The number of aromatic nitrogens is 2. The van der Waals surface area contributed by atoms with Gasteiger partial charge in [0.15, 0.2) is 0 Å². The SMILES string of the molecule is c1csc(SNCc2c[nH]c3ncccc23)c1. The van der Waals surface area contributed by atoms with Crippen molar-refractivity contribution in [2.45, 2.75) is 10.8 Å². The number of nitrogens with zero attached hydrogens (tertiary/aromatic N) is 1. The highest BCUT2D eigenvalue weighted by molar-refractivity contribution is 7.99.